The highest BCUT2D eigenvalue weighted by Crippen LogP contribution is 2.23. The first kappa shape index (κ1) is 16.8. The number of anilines is 1. The van der Waals surface area contributed by atoms with Gasteiger partial charge in [0.2, 0.25) is 5.91 Å². The first-order valence-electron chi connectivity index (χ1n) is 6.75. The van der Waals surface area contributed by atoms with E-state index < -0.39 is 23.5 Å². The Kier molecular flexibility index (Phi) is 5.58. The van der Waals surface area contributed by atoms with Gasteiger partial charge >= 0.3 is 6.03 Å². The summed E-state index contributed by atoms with van der Waals surface area (Å²) in [5.74, 6) is 0.221. The van der Waals surface area contributed by atoms with Crippen molar-refractivity contribution in [3.05, 3.63) is 24.3 Å². The minimum absolute atomic E-state index is 0.399. The molecule has 0 radical (unpaired) electrons. The second-order valence-electron chi connectivity index (χ2n) is 5.76. The number of para-hydroxylation sites is 2. The van der Waals surface area contributed by atoms with Gasteiger partial charge in [-0.3, -0.25) is 10.1 Å². The van der Waals surface area contributed by atoms with Gasteiger partial charge in [0.1, 0.15) is 11.8 Å². The number of carbonyl (C=O) groups excluding carboxylic acids is 2. The molecule has 0 saturated heterocycles. The van der Waals surface area contributed by atoms with Crippen LogP contribution in [0.25, 0.3) is 0 Å². The largest absolute Gasteiger partial charge is 0.495 e. The summed E-state index contributed by atoms with van der Waals surface area (Å²) in [6, 6.07) is 6.18. The predicted octanol–water partition coefficient (Wildman–Crippen LogP) is 2.12. The van der Waals surface area contributed by atoms with Crippen LogP contribution in [0.1, 0.15) is 27.7 Å². The van der Waals surface area contributed by atoms with Crippen LogP contribution in [0.2, 0.25) is 0 Å². The van der Waals surface area contributed by atoms with Gasteiger partial charge in [-0.15, -0.1) is 0 Å². The van der Waals surface area contributed by atoms with Crippen LogP contribution in [0, 0.1) is 0 Å². The van der Waals surface area contributed by atoms with Gasteiger partial charge < -0.3 is 15.4 Å². The molecule has 1 aromatic rings. The Bertz CT molecular complexity index is 509. The summed E-state index contributed by atoms with van der Waals surface area (Å²) in [5.41, 5.74) is 0.294. The lowest BCUT2D eigenvalue weighted by molar-refractivity contribution is -0.120. The molecule has 0 saturated carbocycles. The lowest BCUT2D eigenvalue weighted by Crippen LogP contribution is -2.51. The molecule has 0 fully saturated rings. The van der Waals surface area contributed by atoms with Gasteiger partial charge in [-0.1, -0.05) is 12.1 Å². The Labute approximate surface area is 125 Å². The number of nitrogens with one attached hydrogen (secondary N) is 3. The number of carbonyl (C=O) groups is 2. The van der Waals surface area contributed by atoms with Crippen LogP contribution in [-0.4, -0.2) is 30.6 Å². The first-order valence-corrected chi connectivity index (χ1v) is 6.75. The van der Waals surface area contributed by atoms with E-state index in [2.05, 4.69) is 16.0 Å². The molecule has 116 valence electrons. The molecule has 0 spiro atoms. The Morgan fingerprint density at radius 3 is 2.38 bits per heavy atom. The molecule has 0 bridgehead atoms. The Hall–Kier alpha value is -2.24. The maximum absolute atomic E-state index is 12.0. The number of ether oxygens (including phenoxy) is 1. The molecule has 1 aromatic carbocycles. The molecule has 0 aliphatic carbocycles. The van der Waals surface area contributed by atoms with Crippen molar-refractivity contribution in [3.8, 4) is 5.75 Å². The van der Waals surface area contributed by atoms with E-state index in [-0.39, 0.29) is 0 Å². The van der Waals surface area contributed by atoms with Crippen LogP contribution in [0.5, 0.6) is 5.75 Å². The zero-order chi connectivity index (χ0) is 16.0. The van der Waals surface area contributed by atoms with Gasteiger partial charge in [-0.05, 0) is 39.8 Å². The highest BCUT2D eigenvalue weighted by molar-refractivity contribution is 5.98. The smallest absolute Gasteiger partial charge is 0.321 e. The fraction of sp³-hybridized carbons (Fsp3) is 0.467. The van der Waals surface area contributed by atoms with Crippen LogP contribution in [-0.2, 0) is 4.79 Å². The maximum atomic E-state index is 12.0. The fourth-order valence-corrected chi connectivity index (χ4v) is 1.65. The molecular weight excluding hydrogens is 270 g/mol. The Morgan fingerprint density at radius 1 is 1.19 bits per heavy atom. The molecule has 21 heavy (non-hydrogen) atoms. The zero-order valence-electron chi connectivity index (χ0n) is 13.1. The summed E-state index contributed by atoms with van der Waals surface area (Å²) in [4.78, 5) is 23.6. The number of urea groups is 1. The molecule has 0 aliphatic heterocycles. The van der Waals surface area contributed by atoms with E-state index in [1.165, 1.54) is 0 Å². The summed E-state index contributed by atoms with van der Waals surface area (Å²) in [5, 5.41) is 7.98. The fourth-order valence-electron chi connectivity index (χ4n) is 1.65. The minimum atomic E-state index is -0.577. The Balaban J connectivity index is 2.61. The van der Waals surface area contributed by atoms with Crippen LogP contribution in [0.4, 0.5) is 10.5 Å². The van der Waals surface area contributed by atoms with Crippen molar-refractivity contribution in [2.45, 2.75) is 39.3 Å². The molecule has 1 atom stereocenters. The van der Waals surface area contributed by atoms with Crippen LogP contribution >= 0.6 is 0 Å². The minimum Gasteiger partial charge on any atom is -0.495 e. The summed E-state index contributed by atoms with van der Waals surface area (Å²) in [6.07, 6.45) is 0. The van der Waals surface area contributed by atoms with Crippen molar-refractivity contribution < 1.29 is 14.3 Å². The lowest BCUT2D eigenvalue weighted by Gasteiger charge is -2.22. The third-order valence-corrected chi connectivity index (χ3v) is 2.60. The summed E-state index contributed by atoms with van der Waals surface area (Å²) >= 11 is 0. The normalized spacial score (nSPS) is 12.2. The van der Waals surface area contributed by atoms with Gasteiger partial charge in [0.15, 0.2) is 0 Å². The number of amides is 3. The molecule has 6 nitrogen and oxygen atoms in total. The first-order chi connectivity index (χ1) is 9.73. The van der Waals surface area contributed by atoms with Gasteiger partial charge in [-0.2, -0.15) is 0 Å². The molecule has 0 heterocycles. The van der Waals surface area contributed by atoms with Gasteiger partial charge in [0, 0.05) is 5.54 Å². The van der Waals surface area contributed by atoms with Crippen LogP contribution in [0.15, 0.2) is 24.3 Å². The van der Waals surface area contributed by atoms with Crippen molar-refractivity contribution in [2.24, 2.45) is 0 Å². The van der Waals surface area contributed by atoms with Crippen molar-refractivity contribution in [1.82, 2.24) is 10.6 Å². The molecule has 3 amide bonds. The van der Waals surface area contributed by atoms with Crippen LogP contribution < -0.4 is 20.7 Å². The van der Waals surface area contributed by atoms with E-state index in [0.29, 0.717) is 11.4 Å². The maximum Gasteiger partial charge on any atom is 0.321 e. The summed E-state index contributed by atoms with van der Waals surface area (Å²) in [6.45, 7) is 7.20. The van der Waals surface area contributed by atoms with Crippen molar-refractivity contribution in [2.75, 3.05) is 12.4 Å². The standard InChI is InChI=1S/C15H23N3O3/c1-10(13(19)17-14(20)18-15(2,3)4)16-11-8-6-7-9-12(11)21-5/h6-10,16H,1-5H3,(H2,17,18,19,20)/t10-/m0/s1. The molecule has 6 heteroatoms. The van der Waals surface area contributed by atoms with E-state index in [1.807, 2.05) is 32.9 Å². The van der Waals surface area contributed by atoms with Crippen LogP contribution in [0.3, 0.4) is 0 Å². The van der Waals surface area contributed by atoms with E-state index in [1.54, 1.807) is 26.2 Å². The third kappa shape index (κ3) is 5.72. The number of rotatable bonds is 4. The average molecular weight is 293 g/mol. The number of imide groups is 1. The molecule has 1 rings (SSSR count). The molecule has 0 unspecified atom stereocenters. The Morgan fingerprint density at radius 2 is 1.81 bits per heavy atom. The second kappa shape index (κ2) is 6.97. The number of hydrogen-bond acceptors (Lipinski definition) is 4. The van der Waals surface area contributed by atoms with Gasteiger partial charge in [0.05, 0.1) is 12.8 Å². The predicted molar refractivity (Wildman–Crippen MR) is 82.5 cm³/mol. The van der Waals surface area contributed by atoms with E-state index >= 15 is 0 Å². The quantitative estimate of drug-likeness (QED) is 0.794. The van der Waals surface area contributed by atoms with E-state index in [0.717, 1.165) is 0 Å². The average Bonchev–Trinajstić information content (AvgIpc) is 2.36. The topological polar surface area (TPSA) is 79.5 Å². The summed E-state index contributed by atoms with van der Waals surface area (Å²) in [7, 11) is 1.56. The third-order valence-electron chi connectivity index (χ3n) is 2.60. The molecule has 3 N–H and O–H groups in total. The van der Waals surface area contributed by atoms with Gasteiger partial charge in [0.25, 0.3) is 0 Å². The second-order valence-corrected chi connectivity index (χ2v) is 5.76. The van der Waals surface area contributed by atoms with E-state index in [9.17, 15) is 9.59 Å². The van der Waals surface area contributed by atoms with Crippen molar-refractivity contribution >= 4 is 17.6 Å². The van der Waals surface area contributed by atoms with Gasteiger partial charge in [-0.25, -0.2) is 4.79 Å². The molecule has 0 aliphatic rings. The number of hydrogen-bond donors (Lipinski definition) is 3. The molecular formula is C15H23N3O3. The highest BCUT2D eigenvalue weighted by Gasteiger charge is 2.19. The molecule has 0 aromatic heterocycles. The lowest BCUT2D eigenvalue weighted by atomic mass is 10.1. The van der Waals surface area contributed by atoms with Crippen molar-refractivity contribution in [3.63, 3.8) is 0 Å². The number of benzene rings is 1. The monoisotopic (exact) mass is 293 g/mol. The van der Waals surface area contributed by atoms with E-state index in [4.69, 9.17) is 4.74 Å². The highest BCUT2D eigenvalue weighted by atomic mass is 16.5. The summed E-state index contributed by atoms with van der Waals surface area (Å²) < 4.78 is 5.20. The van der Waals surface area contributed by atoms with Crippen molar-refractivity contribution in [1.29, 1.82) is 0 Å². The SMILES string of the molecule is COc1ccccc1N[C@@H](C)C(=O)NC(=O)NC(C)(C)C. The zero-order valence-corrected chi connectivity index (χ0v) is 13.1. The number of methoxy groups -OCH3 is 1.